The monoisotopic (exact) mass is 374 g/mol. The second kappa shape index (κ2) is 16.7. The van der Waals surface area contributed by atoms with Crippen LogP contribution in [0.2, 0.25) is 0 Å². The Balaban J connectivity index is 1.90. The molecule has 0 aliphatic heterocycles. The molecule has 0 radical (unpaired) electrons. The second-order valence-corrected chi connectivity index (χ2v) is 7.55. The van der Waals surface area contributed by atoms with Crippen LogP contribution in [0.4, 0.5) is 0 Å². The van der Waals surface area contributed by atoms with Crippen molar-refractivity contribution < 1.29 is 9.47 Å². The zero-order valence-corrected chi connectivity index (χ0v) is 17.9. The minimum absolute atomic E-state index is 0.793. The lowest BCUT2D eigenvalue weighted by Gasteiger charge is -2.09. The Bertz CT molecular complexity index is 481. The molecule has 154 valence electrons. The predicted octanol–water partition coefficient (Wildman–Crippen LogP) is 8.20. The molecule has 0 aliphatic carbocycles. The number of benzene rings is 1. The highest BCUT2D eigenvalue weighted by molar-refractivity contribution is 5.58. The highest BCUT2D eigenvalue weighted by Crippen LogP contribution is 2.25. The molecule has 0 saturated heterocycles. The van der Waals surface area contributed by atoms with E-state index in [4.69, 9.17) is 9.47 Å². The van der Waals surface area contributed by atoms with Gasteiger partial charge in [0.25, 0.3) is 0 Å². The number of hydrogen-bond donors (Lipinski definition) is 0. The zero-order valence-electron chi connectivity index (χ0n) is 17.9. The maximum Gasteiger partial charge on any atom is 0.126 e. The van der Waals surface area contributed by atoms with Crippen molar-refractivity contribution in [2.24, 2.45) is 0 Å². The van der Waals surface area contributed by atoms with E-state index in [9.17, 15) is 0 Å². The standard InChI is InChI=1S/C25H42O2/c1-4-6-7-8-9-10-11-12-13-14-15-16-17-18-21-27-24-19-20-25(26-3)23(5-2)22-24/h5,19-20,22H,2,4,6-18,21H2,1,3H3. The van der Waals surface area contributed by atoms with E-state index >= 15 is 0 Å². The van der Waals surface area contributed by atoms with Gasteiger partial charge < -0.3 is 9.47 Å². The Morgan fingerprint density at radius 2 is 1.30 bits per heavy atom. The quantitative estimate of drug-likeness (QED) is 0.241. The third-order valence-corrected chi connectivity index (χ3v) is 5.19. The van der Waals surface area contributed by atoms with Crippen molar-refractivity contribution in [1.82, 2.24) is 0 Å². The molecule has 0 aliphatic rings. The van der Waals surface area contributed by atoms with Crippen molar-refractivity contribution in [3.05, 3.63) is 30.3 Å². The van der Waals surface area contributed by atoms with Crippen LogP contribution in [0, 0.1) is 0 Å². The van der Waals surface area contributed by atoms with Gasteiger partial charge in [-0.25, -0.2) is 0 Å². The fourth-order valence-electron chi connectivity index (χ4n) is 3.45. The van der Waals surface area contributed by atoms with Gasteiger partial charge in [-0.05, 0) is 24.6 Å². The molecule has 1 aromatic carbocycles. The van der Waals surface area contributed by atoms with Gasteiger partial charge in [0.1, 0.15) is 11.5 Å². The van der Waals surface area contributed by atoms with Crippen molar-refractivity contribution in [2.75, 3.05) is 13.7 Å². The minimum Gasteiger partial charge on any atom is -0.496 e. The van der Waals surface area contributed by atoms with E-state index in [1.807, 2.05) is 18.2 Å². The van der Waals surface area contributed by atoms with Crippen molar-refractivity contribution in [3.8, 4) is 11.5 Å². The first-order valence-corrected chi connectivity index (χ1v) is 11.2. The smallest absolute Gasteiger partial charge is 0.126 e. The molecule has 0 spiro atoms. The topological polar surface area (TPSA) is 18.5 Å². The summed E-state index contributed by atoms with van der Waals surface area (Å²) in [7, 11) is 1.68. The fourth-order valence-corrected chi connectivity index (χ4v) is 3.45. The van der Waals surface area contributed by atoms with E-state index in [0.29, 0.717) is 0 Å². The molecule has 0 amide bonds. The maximum atomic E-state index is 5.85. The first kappa shape index (κ1) is 23.6. The third kappa shape index (κ3) is 11.8. The Hall–Kier alpha value is -1.44. The summed E-state index contributed by atoms with van der Waals surface area (Å²) >= 11 is 0. The van der Waals surface area contributed by atoms with E-state index < -0.39 is 0 Å². The average molecular weight is 375 g/mol. The van der Waals surface area contributed by atoms with Gasteiger partial charge in [0.05, 0.1) is 13.7 Å². The minimum atomic E-state index is 0.793. The molecule has 0 bridgehead atoms. The highest BCUT2D eigenvalue weighted by atomic mass is 16.5. The molecule has 0 saturated carbocycles. The Kier molecular flexibility index (Phi) is 14.6. The number of unbranched alkanes of at least 4 members (excludes halogenated alkanes) is 13. The molecule has 27 heavy (non-hydrogen) atoms. The fraction of sp³-hybridized carbons (Fsp3) is 0.680. The normalized spacial score (nSPS) is 10.7. The van der Waals surface area contributed by atoms with Gasteiger partial charge in [0.15, 0.2) is 0 Å². The van der Waals surface area contributed by atoms with Crippen LogP contribution >= 0.6 is 0 Å². The maximum absolute atomic E-state index is 5.85. The summed E-state index contributed by atoms with van der Waals surface area (Å²) in [6.45, 7) is 6.90. The van der Waals surface area contributed by atoms with E-state index in [1.165, 1.54) is 83.5 Å². The van der Waals surface area contributed by atoms with Crippen molar-refractivity contribution >= 4 is 6.08 Å². The molecule has 2 nitrogen and oxygen atoms in total. The van der Waals surface area contributed by atoms with Crippen LogP contribution in [0.25, 0.3) is 6.08 Å². The van der Waals surface area contributed by atoms with Crippen molar-refractivity contribution in [2.45, 2.75) is 96.8 Å². The lowest BCUT2D eigenvalue weighted by molar-refractivity contribution is 0.303. The first-order chi connectivity index (χ1) is 13.3. The molecular formula is C25H42O2. The second-order valence-electron chi connectivity index (χ2n) is 7.55. The SMILES string of the molecule is C=Cc1cc(OCCCCCCCCCCCCCCCC)ccc1OC. The summed E-state index contributed by atoms with van der Waals surface area (Å²) in [6.07, 6.45) is 21.1. The average Bonchev–Trinajstić information content (AvgIpc) is 2.70. The van der Waals surface area contributed by atoms with Crippen LogP contribution in [0.5, 0.6) is 11.5 Å². The summed E-state index contributed by atoms with van der Waals surface area (Å²) in [6, 6.07) is 5.91. The highest BCUT2D eigenvalue weighted by Gasteiger charge is 2.02. The first-order valence-electron chi connectivity index (χ1n) is 11.2. The Labute approximate surface area is 168 Å². The van der Waals surface area contributed by atoms with Crippen molar-refractivity contribution in [1.29, 1.82) is 0 Å². The number of rotatable bonds is 18. The summed E-state index contributed by atoms with van der Waals surface area (Å²) in [5.74, 6) is 1.74. The van der Waals surface area contributed by atoms with E-state index in [2.05, 4.69) is 13.5 Å². The van der Waals surface area contributed by atoms with Crippen LogP contribution in [0.1, 0.15) is 102 Å². The van der Waals surface area contributed by atoms with Gasteiger partial charge in [-0.15, -0.1) is 0 Å². The van der Waals surface area contributed by atoms with Gasteiger partial charge in [0, 0.05) is 5.56 Å². The lowest BCUT2D eigenvalue weighted by Crippen LogP contribution is -1.98. The Morgan fingerprint density at radius 3 is 1.78 bits per heavy atom. The van der Waals surface area contributed by atoms with Gasteiger partial charge >= 0.3 is 0 Å². The number of hydrogen-bond acceptors (Lipinski definition) is 2. The largest absolute Gasteiger partial charge is 0.496 e. The molecule has 1 aromatic rings. The van der Waals surface area contributed by atoms with Gasteiger partial charge in [0.2, 0.25) is 0 Å². The summed E-state index contributed by atoms with van der Waals surface area (Å²) in [5.41, 5.74) is 0.982. The van der Waals surface area contributed by atoms with Gasteiger partial charge in [-0.2, -0.15) is 0 Å². The molecule has 0 atom stereocenters. The van der Waals surface area contributed by atoms with Gasteiger partial charge in [-0.3, -0.25) is 0 Å². The lowest BCUT2D eigenvalue weighted by atomic mass is 10.0. The molecule has 0 N–H and O–H groups in total. The summed E-state index contributed by atoms with van der Waals surface area (Å²) < 4.78 is 11.1. The van der Waals surface area contributed by atoms with E-state index in [1.54, 1.807) is 13.2 Å². The molecule has 2 heteroatoms. The van der Waals surface area contributed by atoms with Crippen molar-refractivity contribution in [3.63, 3.8) is 0 Å². The van der Waals surface area contributed by atoms with Crippen LogP contribution < -0.4 is 9.47 Å². The summed E-state index contributed by atoms with van der Waals surface area (Å²) in [5, 5.41) is 0. The van der Waals surface area contributed by atoms with Crippen LogP contribution in [0.15, 0.2) is 24.8 Å². The van der Waals surface area contributed by atoms with E-state index in [-0.39, 0.29) is 0 Å². The number of methoxy groups -OCH3 is 1. The Morgan fingerprint density at radius 1 is 0.778 bits per heavy atom. The summed E-state index contributed by atoms with van der Waals surface area (Å²) in [4.78, 5) is 0. The van der Waals surface area contributed by atoms with Crippen LogP contribution in [0.3, 0.4) is 0 Å². The predicted molar refractivity (Wildman–Crippen MR) is 119 cm³/mol. The zero-order chi connectivity index (χ0) is 19.6. The molecular weight excluding hydrogens is 332 g/mol. The number of ether oxygens (including phenoxy) is 2. The molecule has 1 rings (SSSR count). The molecule has 0 aromatic heterocycles. The van der Waals surface area contributed by atoms with Crippen LogP contribution in [-0.4, -0.2) is 13.7 Å². The molecule has 0 unspecified atom stereocenters. The molecule has 0 heterocycles. The van der Waals surface area contributed by atoms with Crippen LogP contribution in [-0.2, 0) is 0 Å². The van der Waals surface area contributed by atoms with Gasteiger partial charge in [-0.1, -0.05) is 103 Å². The van der Waals surface area contributed by atoms with E-state index in [0.717, 1.165) is 30.1 Å². The third-order valence-electron chi connectivity index (χ3n) is 5.19. The molecule has 0 fully saturated rings.